The molecule has 0 saturated carbocycles. The minimum Gasteiger partial charge on any atom is -0.192 e. The smallest absolute Gasteiger partial charge is 0.115 e. The van der Waals surface area contributed by atoms with Crippen LogP contribution < -0.4 is 10.4 Å². The van der Waals surface area contributed by atoms with Crippen molar-refractivity contribution in [1.82, 2.24) is 0 Å². The first-order valence-electron chi connectivity index (χ1n) is 8.32. The lowest BCUT2D eigenvalue weighted by Crippen LogP contribution is -2.55. The molecule has 0 radical (unpaired) electrons. The monoisotopic (exact) mass is 327 g/mol. The third-order valence-corrected chi connectivity index (χ3v) is 9.28. The summed E-state index contributed by atoms with van der Waals surface area (Å²) in [6, 6.07) is 33.2. The van der Waals surface area contributed by atoms with Gasteiger partial charge in [0, 0.05) is 0 Å². The molecular formula is C22H21NSi. The first-order valence-corrected chi connectivity index (χ1v) is 11.0. The molecule has 0 N–H and O–H groups in total. The summed E-state index contributed by atoms with van der Waals surface area (Å²) in [6.45, 7) is 2.46. The summed E-state index contributed by atoms with van der Waals surface area (Å²) < 4.78 is 0. The van der Waals surface area contributed by atoms with Gasteiger partial charge in [-0.25, -0.2) is 0 Å². The molecule has 118 valence electrons. The fourth-order valence-electron chi connectivity index (χ4n) is 3.21. The highest BCUT2D eigenvalue weighted by Crippen LogP contribution is 2.16. The second-order valence-electron chi connectivity index (χ2n) is 6.37. The Morgan fingerprint density at radius 3 is 1.71 bits per heavy atom. The highest BCUT2D eigenvalue weighted by atomic mass is 28.3. The highest BCUT2D eigenvalue weighted by molar-refractivity contribution is 7.01. The number of aryl methyl sites for hydroxylation is 1. The number of nitriles is 1. The van der Waals surface area contributed by atoms with Crippen LogP contribution in [0.25, 0.3) is 0 Å². The van der Waals surface area contributed by atoms with Crippen molar-refractivity contribution in [2.45, 2.75) is 19.0 Å². The first kappa shape index (κ1) is 16.2. The summed E-state index contributed by atoms with van der Waals surface area (Å²) >= 11 is 0. The van der Waals surface area contributed by atoms with Gasteiger partial charge in [0.1, 0.15) is 8.07 Å². The molecule has 24 heavy (non-hydrogen) atoms. The molecular weight excluding hydrogens is 306 g/mol. The predicted molar refractivity (Wildman–Crippen MR) is 103 cm³/mol. The molecule has 0 heterocycles. The molecule has 0 fully saturated rings. The average molecular weight is 328 g/mol. The van der Waals surface area contributed by atoms with Crippen LogP contribution in [0.4, 0.5) is 0 Å². The Morgan fingerprint density at radius 2 is 1.25 bits per heavy atom. The van der Waals surface area contributed by atoms with Gasteiger partial charge in [0.15, 0.2) is 0 Å². The van der Waals surface area contributed by atoms with Crippen LogP contribution in [0.1, 0.15) is 11.1 Å². The fourth-order valence-corrected chi connectivity index (χ4v) is 6.76. The van der Waals surface area contributed by atoms with Crippen molar-refractivity contribution in [3.8, 4) is 6.07 Å². The van der Waals surface area contributed by atoms with Gasteiger partial charge in [-0.05, 0) is 30.2 Å². The molecule has 0 aliphatic rings. The highest BCUT2D eigenvalue weighted by Gasteiger charge is 2.31. The first-order chi connectivity index (χ1) is 11.7. The normalized spacial score (nSPS) is 11.0. The van der Waals surface area contributed by atoms with Gasteiger partial charge >= 0.3 is 0 Å². The van der Waals surface area contributed by atoms with Crippen LogP contribution in [0.2, 0.25) is 12.6 Å². The molecule has 2 heteroatoms. The van der Waals surface area contributed by atoms with Gasteiger partial charge in [-0.3, -0.25) is 0 Å². The van der Waals surface area contributed by atoms with E-state index in [1.54, 1.807) is 0 Å². The number of nitrogens with zero attached hydrogens (tertiary/aromatic N) is 1. The summed E-state index contributed by atoms with van der Waals surface area (Å²) in [4.78, 5) is 0. The lowest BCUT2D eigenvalue weighted by Gasteiger charge is -2.29. The van der Waals surface area contributed by atoms with Gasteiger partial charge in [-0.15, -0.1) is 0 Å². The molecule has 0 atom stereocenters. The minimum atomic E-state index is -1.77. The second kappa shape index (κ2) is 7.29. The Balaban J connectivity index is 1.89. The van der Waals surface area contributed by atoms with Crippen molar-refractivity contribution in [2.24, 2.45) is 0 Å². The van der Waals surface area contributed by atoms with Crippen molar-refractivity contribution in [3.05, 3.63) is 96.1 Å². The summed E-state index contributed by atoms with van der Waals surface area (Å²) in [5.41, 5.74) is 2.03. The lowest BCUT2D eigenvalue weighted by molar-refractivity contribution is 1.10. The number of benzene rings is 3. The van der Waals surface area contributed by atoms with E-state index in [0.717, 1.165) is 18.0 Å². The summed E-state index contributed by atoms with van der Waals surface area (Å²) in [5.74, 6) is 0. The zero-order chi connectivity index (χ0) is 16.8. The third kappa shape index (κ3) is 3.47. The quantitative estimate of drug-likeness (QED) is 0.650. The largest absolute Gasteiger partial charge is 0.192 e. The maximum atomic E-state index is 8.94. The zero-order valence-electron chi connectivity index (χ0n) is 13.9. The maximum Gasteiger partial charge on any atom is 0.115 e. The Labute approximate surface area is 145 Å². The molecule has 0 aliphatic carbocycles. The van der Waals surface area contributed by atoms with Gasteiger partial charge in [0.2, 0.25) is 0 Å². The molecule has 0 amide bonds. The van der Waals surface area contributed by atoms with E-state index in [-0.39, 0.29) is 0 Å². The van der Waals surface area contributed by atoms with Gasteiger partial charge in [-0.1, -0.05) is 89.7 Å². The average Bonchev–Trinajstić information content (AvgIpc) is 2.68. The predicted octanol–water partition coefficient (Wildman–Crippen LogP) is 3.99. The van der Waals surface area contributed by atoms with Crippen LogP contribution in [0.5, 0.6) is 0 Å². The Kier molecular flexibility index (Phi) is 4.93. The van der Waals surface area contributed by atoms with Gasteiger partial charge in [0.25, 0.3) is 0 Å². The standard InChI is InChI=1S/C22H21NSi/c1-24(21-8-4-2-5-9-21,22-10-6-3-7-11-22)17-16-19-12-14-20(18-23)15-13-19/h2-15H,16-17H2,1H3. The molecule has 0 spiro atoms. The van der Waals surface area contributed by atoms with E-state index in [1.807, 2.05) is 12.1 Å². The molecule has 3 aromatic carbocycles. The molecule has 0 unspecified atom stereocenters. The minimum absolute atomic E-state index is 0.727. The molecule has 0 aliphatic heterocycles. The van der Waals surface area contributed by atoms with E-state index >= 15 is 0 Å². The number of rotatable bonds is 5. The van der Waals surface area contributed by atoms with Crippen LogP contribution in [0, 0.1) is 11.3 Å². The number of hydrogen-bond donors (Lipinski definition) is 0. The molecule has 3 aromatic rings. The summed E-state index contributed by atoms with van der Waals surface area (Å²) in [6.07, 6.45) is 1.04. The van der Waals surface area contributed by atoms with Crippen molar-refractivity contribution in [1.29, 1.82) is 5.26 Å². The van der Waals surface area contributed by atoms with Crippen molar-refractivity contribution in [3.63, 3.8) is 0 Å². The Morgan fingerprint density at radius 1 is 0.750 bits per heavy atom. The van der Waals surface area contributed by atoms with Crippen molar-refractivity contribution >= 4 is 18.4 Å². The molecule has 0 saturated heterocycles. The van der Waals surface area contributed by atoms with Crippen molar-refractivity contribution in [2.75, 3.05) is 0 Å². The van der Waals surface area contributed by atoms with E-state index in [9.17, 15) is 0 Å². The van der Waals surface area contributed by atoms with Crippen LogP contribution in [-0.2, 0) is 6.42 Å². The van der Waals surface area contributed by atoms with Crippen LogP contribution in [0.15, 0.2) is 84.9 Å². The lowest BCUT2D eigenvalue weighted by atomic mass is 10.1. The number of hydrogen-bond acceptors (Lipinski definition) is 1. The van der Waals surface area contributed by atoms with Crippen LogP contribution in [-0.4, -0.2) is 8.07 Å². The van der Waals surface area contributed by atoms with E-state index < -0.39 is 8.07 Å². The summed E-state index contributed by atoms with van der Waals surface area (Å²) in [7, 11) is -1.77. The van der Waals surface area contributed by atoms with Gasteiger partial charge < -0.3 is 0 Å². The zero-order valence-corrected chi connectivity index (χ0v) is 14.9. The van der Waals surface area contributed by atoms with Gasteiger partial charge in [0.05, 0.1) is 11.6 Å². The van der Waals surface area contributed by atoms with Gasteiger partial charge in [-0.2, -0.15) is 5.26 Å². The van der Waals surface area contributed by atoms with E-state index in [2.05, 4.69) is 85.4 Å². The SMILES string of the molecule is C[Si](CCc1ccc(C#N)cc1)(c1ccccc1)c1ccccc1. The van der Waals surface area contributed by atoms with E-state index in [4.69, 9.17) is 5.26 Å². The van der Waals surface area contributed by atoms with Crippen molar-refractivity contribution < 1.29 is 0 Å². The second-order valence-corrected chi connectivity index (χ2v) is 10.7. The van der Waals surface area contributed by atoms with Crippen LogP contribution >= 0.6 is 0 Å². The van der Waals surface area contributed by atoms with E-state index in [1.165, 1.54) is 15.9 Å². The molecule has 3 rings (SSSR count). The summed E-state index contributed by atoms with van der Waals surface area (Å²) in [5, 5.41) is 11.9. The maximum absolute atomic E-state index is 8.94. The molecule has 0 bridgehead atoms. The topological polar surface area (TPSA) is 23.8 Å². The Bertz CT molecular complexity index is 778. The third-order valence-electron chi connectivity index (χ3n) is 4.82. The van der Waals surface area contributed by atoms with E-state index in [0.29, 0.717) is 0 Å². The Hall–Kier alpha value is -2.63. The fraction of sp³-hybridized carbons (Fsp3) is 0.136. The van der Waals surface area contributed by atoms with Crippen LogP contribution in [0.3, 0.4) is 0 Å². The molecule has 0 aromatic heterocycles. The molecule has 1 nitrogen and oxygen atoms in total.